The van der Waals surface area contributed by atoms with Gasteiger partial charge in [0.1, 0.15) is 0 Å². The molecule has 1 aromatic rings. The minimum atomic E-state index is 0.256. The van der Waals surface area contributed by atoms with E-state index in [1.807, 2.05) is 24.4 Å². The molecule has 4 nitrogen and oxygen atoms in total. The zero-order valence-corrected chi connectivity index (χ0v) is 10.9. The van der Waals surface area contributed by atoms with Crippen LogP contribution in [0.1, 0.15) is 26.2 Å². The van der Waals surface area contributed by atoms with E-state index in [4.69, 9.17) is 9.47 Å². The van der Waals surface area contributed by atoms with Crippen LogP contribution in [0, 0.1) is 5.92 Å². The highest BCUT2D eigenvalue weighted by molar-refractivity contribution is 5.96. The molecule has 0 spiro atoms. The van der Waals surface area contributed by atoms with Gasteiger partial charge in [-0.3, -0.25) is 4.79 Å². The molecule has 0 saturated heterocycles. The summed E-state index contributed by atoms with van der Waals surface area (Å²) in [7, 11) is 0. The number of nitrogens with one attached hydrogen (secondary N) is 1. The summed E-state index contributed by atoms with van der Waals surface area (Å²) in [5, 5.41) is 3.18. The van der Waals surface area contributed by atoms with Gasteiger partial charge in [-0.2, -0.15) is 0 Å². The van der Waals surface area contributed by atoms with E-state index in [0.29, 0.717) is 12.3 Å². The third-order valence-electron chi connectivity index (χ3n) is 3.58. The zero-order chi connectivity index (χ0) is 13.2. The number of fused-ring (bicyclic) bond motifs is 1. The first-order valence-corrected chi connectivity index (χ1v) is 6.61. The summed E-state index contributed by atoms with van der Waals surface area (Å²) in [6, 6.07) is 5.67. The Hall–Kier alpha value is -1.97. The number of allylic oxidation sites excluding steroid dienone is 1. The van der Waals surface area contributed by atoms with Crippen molar-refractivity contribution in [1.29, 1.82) is 0 Å². The first kappa shape index (κ1) is 12.1. The maximum Gasteiger partial charge on any atom is 0.231 e. The third kappa shape index (κ3) is 2.57. The van der Waals surface area contributed by atoms with Crippen LogP contribution in [0.25, 0.3) is 0 Å². The molecule has 2 aliphatic rings. The first-order chi connectivity index (χ1) is 9.22. The SMILES string of the molecule is CC1CCC(=O)C(=CNc2ccc3c(c2)OCO3)C1. The maximum absolute atomic E-state index is 11.8. The summed E-state index contributed by atoms with van der Waals surface area (Å²) in [5.41, 5.74) is 1.79. The molecule has 1 heterocycles. The molecule has 4 heteroatoms. The number of hydrogen-bond donors (Lipinski definition) is 1. The lowest BCUT2D eigenvalue weighted by Crippen LogP contribution is -2.15. The van der Waals surface area contributed by atoms with Crippen LogP contribution < -0.4 is 14.8 Å². The topological polar surface area (TPSA) is 47.6 Å². The van der Waals surface area contributed by atoms with E-state index in [9.17, 15) is 4.79 Å². The smallest absolute Gasteiger partial charge is 0.231 e. The normalized spacial score (nSPS) is 23.7. The minimum absolute atomic E-state index is 0.256. The third-order valence-corrected chi connectivity index (χ3v) is 3.58. The van der Waals surface area contributed by atoms with Gasteiger partial charge >= 0.3 is 0 Å². The fourth-order valence-electron chi connectivity index (χ4n) is 2.43. The molecular weight excluding hydrogens is 242 g/mol. The summed E-state index contributed by atoms with van der Waals surface area (Å²) < 4.78 is 10.6. The molecule has 0 bridgehead atoms. The lowest BCUT2D eigenvalue weighted by molar-refractivity contribution is -0.116. The van der Waals surface area contributed by atoms with Crippen molar-refractivity contribution in [2.24, 2.45) is 5.92 Å². The Balaban J connectivity index is 1.73. The van der Waals surface area contributed by atoms with Gasteiger partial charge in [-0.25, -0.2) is 0 Å². The van der Waals surface area contributed by atoms with Gasteiger partial charge in [0.05, 0.1) is 0 Å². The summed E-state index contributed by atoms with van der Waals surface area (Å²) in [6.45, 7) is 2.46. The number of ketones is 1. The van der Waals surface area contributed by atoms with Gasteiger partial charge in [0.15, 0.2) is 17.3 Å². The van der Waals surface area contributed by atoms with Crippen LogP contribution in [-0.4, -0.2) is 12.6 Å². The minimum Gasteiger partial charge on any atom is -0.454 e. The van der Waals surface area contributed by atoms with E-state index >= 15 is 0 Å². The average Bonchev–Trinajstić information content (AvgIpc) is 2.87. The largest absolute Gasteiger partial charge is 0.454 e. The van der Waals surface area contributed by atoms with E-state index in [1.165, 1.54) is 0 Å². The fourth-order valence-corrected chi connectivity index (χ4v) is 2.43. The Morgan fingerprint density at radius 3 is 3.05 bits per heavy atom. The number of hydrogen-bond acceptors (Lipinski definition) is 4. The Morgan fingerprint density at radius 1 is 1.32 bits per heavy atom. The molecule has 0 radical (unpaired) electrons. The predicted molar refractivity (Wildman–Crippen MR) is 72.3 cm³/mol. The molecule has 19 heavy (non-hydrogen) atoms. The number of carbonyl (C=O) groups excluding carboxylic acids is 1. The van der Waals surface area contributed by atoms with Crippen LogP contribution in [-0.2, 0) is 4.79 Å². The Morgan fingerprint density at radius 2 is 2.16 bits per heavy atom. The van der Waals surface area contributed by atoms with Gasteiger partial charge in [-0.15, -0.1) is 0 Å². The first-order valence-electron chi connectivity index (χ1n) is 6.61. The average molecular weight is 259 g/mol. The van der Waals surface area contributed by atoms with Crippen molar-refractivity contribution in [3.05, 3.63) is 30.0 Å². The predicted octanol–water partition coefficient (Wildman–Crippen LogP) is 3.10. The van der Waals surface area contributed by atoms with Crippen molar-refractivity contribution in [3.63, 3.8) is 0 Å². The highest BCUT2D eigenvalue weighted by Crippen LogP contribution is 2.34. The maximum atomic E-state index is 11.8. The number of carbonyl (C=O) groups is 1. The molecular formula is C15H17NO3. The van der Waals surface area contributed by atoms with E-state index < -0.39 is 0 Å². The van der Waals surface area contributed by atoms with Crippen LogP contribution in [0.15, 0.2) is 30.0 Å². The van der Waals surface area contributed by atoms with E-state index in [0.717, 1.165) is 35.6 Å². The Labute approximate surface area is 112 Å². The number of rotatable bonds is 2. The van der Waals surface area contributed by atoms with Gasteiger partial charge in [-0.05, 0) is 30.9 Å². The van der Waals surface area contributed by atoms with Crippen LogP contribution in [0.5, 0.6) is 11.5 Å². The van der Waals surface area contributed by atoms with Crippen molar-refractivity contribution < 1.29 is 14.3 Å². The van der Waals surface area contributed by atoms with Crippen molar-refractivity contribution in [2.75, 3.05) is 12.1 Å². The van der Waals surface area contributed by atoms with Crippen molar-refractivity contribution in [1.82, 2.24) is 0 Å². The van der Waals surface area contributed by atoms with Crippen molar-refractivity contribution >= 4 is 11.5 Å². The van der Waals surface area contributed by atoms with E-state index in [-0.39, 0.29) is 12.6 Å². The molecule has 1 aliphatic heterocycles. The summed E-state index contributed by atoms with van der Waals surface area (Å²) in [4.78, 5) is 11.8. The molecule has 1 saturated carbocycles. The standard InChI is InChI=1S/C15H17NO3/c1-10-2-4-13(17)11(6-10)8-16-12-3-5-14-15(7-12)19-9-18-14/h3,5,7-8,10,16H,2,4,6,9H2,1H3. The molecule has 1 unspecified atom stereocenters. The highest BCUT2D eigenvalue weighted by Gasteiger charge is 2.20. The highest BCUT2D eigenvalue weighted by atomic mass is 16.7. The Kier molecular flexibility index (Phi) is 3.15. The second kappa shape index (κ2) is 4.96. The summed E-state index contributed by atoms with van der Waals surface area (Å²) in [5.74, 6) is 2.35. The summed E-state index contributed by atoms with van der Waals surface area (Å²) in [6.07, 6.45) is 4.35. The van der Waals surface area contributed by atoms with Crippen LogP contribution in [0.3, 0.4) is 0 Å². The molecule has 0 aromatic heterocycles. The quantitative estimate of drug-likeness (QED) is 0.829. The number of anilines is 1. The van der Waals surface area contributed by atoms with Crippen LogP contribution >= 0.6 is 0 Å². The van der Waals surface area contributed by atoms with E-state index in [2.05, 4.69) is 12.2 Å². The van der Waals surface area contributed by atoms with Gasteiger partial charge in [0.25, 0.3) is 0 Å². The molecule has 100 valence electrons. The zero-order valence-electron chi connectivity index (χ0n) is 10.9. The Bertz CT molecular complexity index is 536. The molecule has 1 aliphatic carbocycles. The van der Waals surface area contributed by atoms with Crippen molar-refractivity contribution in [2.45, 2.75) is 26.2 Å². The van der Waals surface area contributed by atoms with Gasteiger partial charge in [-0.1, -0.05) is 6.92 Å². The molecule has 1 aromatic carbocycles. The van der Waals surface area contributed by atoms with Gasteiger partial charge in [0, 0.05) is 29.9 Å². The van der Waals surface area contributed by atoms with Gasteiger partial charge < -0.3 is 14.8 Å². The number of benzene rings is 1. The molecule has 1 fully saturated rings. The van der Waals surface area contributed by atoms with Crippen LogP contribution in [0.2, 0.25) is 0 Å². The lowest BCUT2D eigenvalue weighted by Gasteiger charge is -2.19. The second-order valence-corrected chi connectivity index (χ2v) is 5.15. The second-order valence-electron chi connectivity index (χ2n) is 5.15. The fraction of sp³-hybridized carbons (Fsp3) is 0.400. The molecule has 1 N–H and O–H groups in total. The number of Topliss-reactive ketones (excluding diaryl/α,β-unsaturated/α-hetero) is 1. The lowest BCUT2D eigenvalue weighted by atomic mass is 9.86. The van der Waals surface area contributed by atoms with Crippen LogP contribution in [0.4, 0.5) is 5.69 Å². The summed E-state index contributed by atoms with van der Waals surface area (Å²) >= 11 is 0. The van der Waals surface area contributed by atoms with E-state index in [1.54, 1.807) is 0 Å². The molecule has 0 amide bonds. The molecule has 1 atom stereocenters. The number of ether oxygens (including phenoxy) is 2. The molecule has 3 rings (SSSR count). The van der Waals surface area contributed by atoms with Gasteiger partial charge in [0.2, 0.25) is 6.79 Å². The van der Waals surface area contributed by atoms with Crippen molar-refractivity contribution in [3.8, 4) is 11.5 Å². The monoisotopic (exact) mass is 259 g/mol.